The zero-order valence-corrected chi connectivity index (χ0v) is 15.6. The summed E-state index contributed by atoms with van der Waals surface area (Å²) in [5, 5.41) is 10.9. The van der Waals surface area contributed by atoms with Gasteiger partial charge < -0.3 is 15.1 Å². The molecule has 1 amide bonds. The lowest BCUT2D eigenvalue weighted by atomic mass is 10.2. The number of carbonyl (C=O) groups excluding carboxylic acids is 1. The summed E-state index contributed by atoms with van der Waals surface area (Å²) in [6.07, 6.45) is 0. The Kier molecular flexibility index (Phi) is 5.33. The van der Waals surface area contributed by atoms with Crippen molar-refractivity contribution < 1.29 is 13.6 Å². The molecule has 0 bridgehead atoms. The van der Waals surface area contributed by atoms with E-state index >= 15 is 0 Å². The van der Waals surface area contributed by atoms with E-state index in [-0.39, 0.29) is 11.4 Å². The fraction of sp³-hybridized carbons (Fsp3) is 0.190. The molecule has 3 aromatic rings. The number of anilines is 3. The first kappa shape index (κ1) is 18.8. The molecular weight excluding hydrogens is 376 g/mol. The summed E-state index contributed by atoms with van der Waals surface area (Å²) in [6.45, 7) is 3.07. The maximum Gasteiger partial charge on any atom is 0.256 e. The second kappa shape index (κ2) is 8.22. The summed E-state index contributed by atoms with van der Waals surface area (Å²) < 4.78 is 26.3. The highest BCUT2D eigenvalue weighted by Crippen LogP contribution is 2.20. The summed E-state index contributed by atoms with van der Waals surface area (Å²) in [6, 6.07) is 15.4. The van der Waals surface area contributed by atoms with Gasteiger partial charge in [-0.2, -0.15) is 0 Å². The summed E-state index contributed by atoms with van der Waals surface area (Å²) >= 11 is 0. The van der Waals surface area contributed by atoms with Crippen LogP contribution in [0.15, 0.2) is 60.7 Å². The van der Waals surface area contributed by atoms with E-state index in [4.69, 9.17) is 0 Å². The highest BCUT2D eigenvalue weighted by molar-refractivity contribution is 6.03. The second-order valence-electron chi connectivity index (χ2n) is 6.69. The van der Waals surface area contributed by atoms with E-state index in [9.17, 15) is 13.6 Å². The molecular formula is C21H19F2N5O. The lowest BCUT2D eigenvalue weighted by Gasteiger charge is -2.36. The Hall–Kier alpha value is -3.55. The predicted octanol–water partition coefficient (Wildman–Crippen LogP) is 3.33. The fourth-order valence-electron chi connectivity index (χ4n) is 3.22. The van der Waals surface area contributed by atoms with Crippen LogP contribution in [0.2, 0.25) is 0 Å². The maximum atomic E-state index is 13.2. The van der Waals surface area contributed by atoms with E-state index in [1.165, 1.54) is 30.3 Å². The molecule has 1 fully saturated rings. The smallest absolute Gasteiger partial charge is 0.256 e. The van der Waals surface area contributed by atoms with E-state index in [1.807, 2.05) is 0 Å². The summed E-state index contributed by atoms with van der Waals surface area (Å²) in [7, 11) is 0. The third-order valence-electron chi connectivity index (χ3n) is 4.77. The minimum absolute atomic E-state index is 0.216. The zero-order valence-electron chi connectivity index (χ0n) is 15.6. The number of amides is 1. The molecule has 0 spiro atoms. The molecule has 0 aliphatic carbocycles. The molecule has 2 heterocycles. The standard InChI is InChI=1S/C21H19F2N5O/c22-16-4-6-18(7-5-16)27-10-12-28(13-11-27)20-9-8-19(25-26-20)24-21(29)15-2-1-3-17(23)14-15/h1-9,14H,10-13H2,(H,24,25,29). The van der Waals surface area contributed by atoms with Gasteiger partial charge in [-0.15, -0.1) is 10.2 Å². The molecule has 1 aliphatic rings. The number of rotatable bonds is 4. The van der Waals surface area contributed by atoms with Crippen molar-refractivity contribution in [2.24, 2.45) is 0 Å². The summed E-state index contributed by atoms with van der Waals surface area (Å²) in [5.41, 5.74) is 1.21. The van der Waals surface area contributed by atoms with Gasteiger partial charge in [-0.25, -0.2) is 8.78 Å². The van der Waals surface area contributed by atoms with Crippen LogP contribution in [0, 0.1) is 11.6 Å². The van der Waals surface area contributed by atoms with E-state index in [0.29, 0.717) is 11.6 Å². The van der Waals surface area contributed by atoms with Crippen LogP contribution in [0.1, 0.15) is 10.4 Å². The molecule has 0 radical (unpaired) electrons. The molecule has 148 valence electrons. The van der Waals surface area contributed by atoms with Gasteiger partial charge in [-0.1, -0.05) is 6.07 Å². The van der Waals surface area contributed by atoms with Gasteiger partial charge in [0.2, 0.25) is 0 Å². The molecule has 1 aromatic heterocycles. The number of benzene rings is 2. The maximum absolute atomic E-state index is 13.2. The molecule has 2 aromatic carbocycles. The molecule has 1 N–H and O–H groups in total. The van der Waals surface area contributed by atoms with Crippen molar-refractivity contribution in [3.8, 4) is 0 Å². The van der Waals surface area contributed by atoms with Crippen molar-refractivity contribution >= 4 is 23.2 Å². The largest absolute Gasteiger partial charge is 0.368 e. The average Bonchev–Trinajstić information content (AvgIpc) is 2.75. The van der Waals surface area contributed by atoms with Crippen LogP contribution >= 0.6 is 0 Å². The number of hydrogen-bond donors (Lipinski definition) is 1. The molecule has 6 nitrogen and oxygen atoms in total. The van der Waals surface area contributed by atoms with Gasteiger partial charge in [-0.05, 0) is 54.6 Å². The number of aromatic nitrogens is 2. The normalized spacial score (nSPS) is 14.0. The Morgan fingerprint density at radius 1 is 0.828 bits per heavy atom. The molecule has 0 saturated carbocycles. The number of hydrogen-bond acceptors (Lipinski definition) is 5. The molecule has 29 heavy (non-hydrogen) atoms. The highest BCUT2D eigenvalue weighted by Gasteiger charge is 2.19. The Morgan fingerprint density at radius 3 is 2.21 bits per heavy atom. The van der Waals surface area contributed by atoms with Gasteiger partial charge in [0.25, 0.3) is 5.91 Å². The third kappa shape index (κ3) is 4.48. The lowest BCUT2D eigenvalue weighted by molar-refractivity contribution is 0.102. The van der Waals surface area contributed by atoms with E-state index in [0.717, 1.165) is 37.9 Å². The third-order valence-corrected chi connectivity index (χ3v) is 4.77. The van der Waals surface area contributed by atoms with Crippen molar-refractivity contribution in [1.82, 2.24) is 10.2 Å². The van der Waals surface area contributed by atoms with Crippen molar-refractivity contribution in [2.75, 3.05) is 41.3 Å². The van der Waals surface area contributed by atoms with Crippen LogP contribution < -0.4 is 15.1 Å². The van der Waals surface area contributed by atoms with Gasteiger partial charge in [0, 0.05) is 37.4 Å². The molecule has 0 unspecified atom stereocenters. The Balaban J connectivity index is 1.35. The van der Waals surface area contributed by atoms with Crippen LogP contribution in [-0.4, -0.2) is 42.3 Å². The van der Waals surface area contributed by atoms with Gasteiger partial charge in [0.05, 0.1) is 0 Å². The monoisotopic (exact) mass is 395 g/mol. The number of piperazine rings is 1. The van der Waals surface area contributed by atoms with Gasteiger partial charge in [0.15, 0.2) is 11.6 Å². The van der Waals surface area contributed by atoms with E-state index < -0.39 is 11.7 Å². The summed E-state index contributed by atoms with van der Waals surface area (Å²) in [5.74, 6) is -0.147. The minimum Gasteiger partial charge on any atom is -0.368 e. The van der Waals surface area contributed by atoms with Crippen LogP contribution in [0.4, 0.5) is 26.1 Å². The first-order valence-corrected chi connectivity index (χ1v) is 9.24. The van der Waals surface area contributed by atoms with E-state index in [2.05, 4.69) is 25.3 Å². The number of nitrogens with zero attached hydrogens (tertiary/aromatic N) is 4. The minimum atomic E-state index is -0.473. The molecule has 8 heteroatoms. The SMILES string of the molecule is O=C(Nc1ccc(N2CCN(c3ccc(F)cc3)CC2)nn1)c1cccc(F)c1. The topological polar surface area (TPSA) is 61.4 Å². The number of halogens is 2. The van der Waals surface area contributed by atoms with Crippen molar-refractivity contribution in [2.45, 2.75) is 0 Å². The van der Waals surface area contributed by atoms with Crippen molar-refractivity contribution in [1.29, 1.82) is 0 Å². The lowest BCUT2D eigenvalue weighted by Crippen LogP contribution is -2.46. The van der Waals surface area contributed by atoms with Crippen LogP contribution in [0.25, 0.3) is 0 Å². The fourth-order valence-corrected chi connectivity index (χ4v) is 3.22. The highest BCUT2D eigenvalue weighted by atomic mass is 19.1. The zero-order chi connectivity index (χ0) is 20.2. The number of nitrogens with one attached hydrogen (secondary N) is 1. The molecule has 1 saturated heterocycles. The average molecular weight is 395 g/mol. The summed E-state index contributed by atoms with van der Waals surface area (Å²) in [4.78, 5) is 16.5. The Labute approximate surface area is 166 Å². The Morgan fingerprint density at radius 2 is 1.55 bits per heavy atom. The van der Waals surface area contributed by atoms with Crippen molar-refractivity contribution in [3.63, 3.8) is 0 Å². The quantitative estimate of drug-likeness (QED) is 0.734. The second-order valence-corrected chi connectivity index (χ2v) is 6.69. The van der Waals surface area contributed by atoms with Gasteiger partial charge in [0.1, 0.15) is 11.6 Å². The van der Waals surface area contributed by atoms with E-state index in [1.54, 1.807) is 24.3 Å². The van der Waals surface area contributed by atoms with Crippen molar-refractivity contribution in [3.05, 3.63) is 77.9 Å². The first-order valence-electron chi connectivity index (χ1n) is 9.24. The molecule has 4 rings (SSSR count). The first-order chi connectivity index (χ1) is 14.1. The van der Waals surface area contributed by atoms with Gasteiger partial charge in [-0.3, -0.25) is 4.79 Å². The van der Waals surface area contributed by atoms with Gasteiger partial charge >= 0.3 is 0 Å². The predicted molar refractivity (Wildman–Crippen MR) is 107 cm³/mol. The number of carbonyl (C=O) groups is 1. The van der Waals surface area contributed by atoms with Crippen LogP contribution in [0.3, 0.4) is 0 Å². The molecule has 0 atom stereocenters. The molecule has 1 aliphatic heterocycles. The van der Waals surface area contributed by atoms with Crippen LogP contribution in [0.5, 0.6) is 0 Å². The Bertz CT molecular complexity index is 987. The van der Waals surface area contributed by atoms with Crippen LogP contribution in [-0.2, 0) is 0 Å².